The Morgan fingerprint density at radius 1 is 1.06 bits per heavy atom. The van der Waals surface area contributed by atoms with E-state index in [9.17, 15) is 4.79 Å². The van der Waals surface area contributed by atoms with Gasteiger partial charge in [-0.1, -0.05) is 24.3 Å². The third-order valence-electron chi connectivity index (χ3n) is 5.66. The van der Waals surface area contributed by atoms with Gasteiger partial charge in [0.05, 0.1) is 23.8 Å². The number of hydrogen-bond acceptors (Lipinski definition) is 8. The van der Waals surface area contributed by atoms with Crippen LogP contribution in [0.1, 0.15) is 52.7 Å². The van der Waals surface area contributed by atoms with Gasteiger partial charge >= 0.3 is 0 Å². The lowest BCUT2D eigenvalue weighted by atomic mass is 10.0. The molecule has 0 unspecified atom stereocenters. The first-order valence-corrected chi connectivity index (χ1v) is 13.1. The number of carbonyl (C=O) groups excluding carboxylic acids is 1. The number of carbonyl (C=O) groups is 1. The number of amides is 1. The molecule has 0 aliphatic carbocycles. The second-order valence-electron chi connectivity index (χ2n) is 9.70. The first kappa shape index (κ1) is 28.0. The van der Waals surface area contributed by atoms with Crippen molar-refractivity contribution in [3.8, 4) is 5.75 Å². The maximum Gasteiger partial charge on any atom is 0.240 e. The highest BCUT2D eigenvalue weighted by Gasteiger charge is 2.32. The van der Waals surface area contributed by atoms with Gasteiger partial charge in [-0.2, -0.15) is 8.75 Å². The number of fused-ring (bicyclic) bond motifs is 1. The number of aromatic nitrogens is 2. The molecular formula is C27H38N4O4S. The molecule has 2 aromatic carbocycles. The van der Waals surface area contributed by atoms with Gasteiger partial charge in [0.2, 0.25) is 5.91 Å². The molecule has 2 N–H and O–H groups in total. The van der Waals surface area contributed by atoms with Crippen LogP contribution in [0.5, 0.6) is 5.75 Å². The first-order chi connectivity index (χ1) is 17.1. The van der Waals surface area contributed by atoms with Crippen molar-refractivity contribution in [1.82, 2.24) is 13.6 Å². The molecule has 36 heavy (non-hydrogen) atoms. The molecule has 196 valence electrons. The van der Waals surface area contributed by atoms with Gasteiger partial charge in [0.1, 0.15) is 22.4 Å². The molecule has 3 aromatic rings. The number of ether oxygens (including phenoxy) is 3. The van der Waals surface area contributed by atoms with E-state index >= 15 is 0 Å². The molecule has 0 saturated heterocycles. The minimum Gasteiger partial charge on any atom is -0.488 e. The fourth-order valence-electron chi connectivity index (χ4n) is 4.00. The van der Waals surface area contributed by atoms with Gasteiger partial charge in [-0.25, -0.2) is 0 Å². The third kappa shape index (κ3) is 7.46. The van der Waals surface area contributed by atoms with Crippen LogP contribution in [0, 0.1) is 0 Å². The van der Waals surface area contributed by atoms with Crippen molar-refractivity contribution < 1.29 is 19.0 Å². The van der Waals surface area contributed by atoms with Crippen LogP contribution in [0.25, 0.3) is 11.0 Å². The minimum absolute atomic E-state index is 0.179. The summed E-state index contributed by atoms with van der Waals surface area (Å²) in [6.45, 7) is 13.0. The highest BCUT2D eigenvalue weighted by molar-refractivity contribution is 7.00. The highest BCUT2D eigenvalue weighted by Crippen LogP contribution is 2.23. The van der Waals surface area contributed by atoms with E-state index in [-0.39, 0.29) is 17.6 Å². The summed E-state index contributed by atoms with van der Waals surface area (Å²) in [6, 6.07) is 12.4. The van der Waals surface area contributed by atoms with Crippen molar-refractivity contribution in [2.24, 2.45) is 5.73 Å². The summed E-state index contributed by atoms with van der Waals surface area (Å²) in [7, 11) is 0. The third-order valence-corrected chi connectivity index (χ3v) is 6.20. The van der Waals surface area contributed by atoms with Crippen LogP contribution < -0.4 is 10.5 Å². The summed E-state index contributed by atoms with van der Waals surface area (Å²) in [5, 5.41) is 0. The standard InChI is InChI=1S/C27H38N4O4S/c1-7-33-26(34-8-2)18(3)31(17-20-10-9-11-23-24(20)30-36-29-23)25(32)22(28)16-19-12-14-21(15-13-19)35-27(4,5)6/h9-15,18,22,26H,7-8,16-17,28H2,1-6H3/t18-,22-/m0/s1. The molecule has 8 nitrogen and oxygen atoms in total. The van der Waals surface area contributed by atoms with Gasteiger partial charge in [-0.15, -0.1) is 0 Å². The molecule has 1 aromatic heterocycles. The summed E-state index contributed by atoms with van der Waals surface area (Å²) >= 11 is 1.16. The lowest BCUT2D eigenvalue weighted by Gasteiger charge is -2.36. The topological polar surface area (TPSA) is 99.8 Å². The van der Waals surface area contributed by atoms with Crippen molar-refractivity contribution in [2.45, 2.75) is 78.5 Å². The maximum absolute atomic E-state index is 13.8. The van der Waals surface area contributed by atoms with E-state index in [1.54, 1.807) is 4.90 Å². The fourth-order valence-corrected chi connectivity index (χ4v) is 4.57. The average molecular weight is 515 g/mol. The first-order valence-electron chi connectivity index (χ1n) is 12.4. The van der Waals surface area contributed by atoms with Crippen molar-refractivity contribution in [3.05, 3.63) is 53.6 Å². The normalized spacial score (nSPS) is 13.7. The second kappa shape index (κ2) is 12.6. The Balaban J connectivity index is 1.83. The Morgan fingerprint density at radius 2 is 1.72 bits per heavy atom. The molecule has 0 aliphatic heterocycles. The van der Waals surface area contributed by atoms with Gasteiger partial charge in [0, 0.05) is 25.3 Å². The zero-order valence-electron chi connectivity index (χ0n) is 22.1. The second-order valence-corrected chi connectivity index (χ2v) is 10.2. The van der Waals surface area contributed by atoms with Crippen molar-refractivity contribution >= 4 is 28.7 Å². The number of hydrogen-bond donors (Lipinski definition) is 1. The Labute approximate surface area is 218 Å². The summed E-state index contributed by atoms with van der Waals surface area (Å²) in [4.78, 5) is 15.5. The summed E-state index contributed by atoms with van der Waals surface area (Å²) in [5.74, 6) is 0.602. The molecule has 3 rings (SSSR count). The van der Waals surface area contributed by atoms with Crippen LogP contribution in [0.4, 0.5) is 0 Å². The number of nitrogens with zero attached hydrogens (tertiary/aromatic N) is 3. The Hall–Kier alpha value is -2.59. The van der Waals surface area contributed by atoms with E-state index in [1.807, 2.05) is 84.0 Å². The van der Waals surface area contributed by atoms with E-state index < -0.39 is 12.3 Å². The predicted octanol–water partition coefficient (Wildman–Crippen LogP) is 4.55. The van der Waals surface area contributed by atoms with E-state index in [4.69, 9.17) is 19.9 Å². The zero-order valence-corrected chi connectivity index (χ0v) is 22.9. The van der Waals surface area contributed by atoms with Crippen molar-refractivity contribution in [2.75, 3.05) is 13.2 Å². The van der Waals surface area contributed by atoms with E-state index in [0.29, 0.717) is 26.2 Å². The van der Waals surface area contributed by atoms with Crippen LogP contribution >= 0.6 is 11.7 Å². The van der Waals surface area contributed by atoms with Crippen LogP contribution in [0.2, 0.25) is 0 Å². The quantitative estimate of drug-likeness (QED) is 0.354. The van der Waals surface area contributed by atoms with Crippen LogP contribution in [-0.4, -0.2) is 56.7 Å². The maximum atomic E-state index is 13.8. The molecular weight excluding hydrogens is 476 g/mol. The Bertz CT molecular complexity index is 1110. The molecule has 1 amide bonds. The van der Waals surface area contributed by atoms with E-state index in [1.165, 1.54) is 0 Å². The Kier molecular flexibility index (Phi) is 9.78. The highest BCUT2D eigenvalue weighted by atomic mass is 32.1. The lowest BCUT2D eigenvalue weighted by Crippen LogP contribution is -2.52. The van der Waals surface area contributed by atoms with E-state index in [0.717, 1.165) is 39.6 Å². The molecule has 0 aliphatic rings. The van der Waals surface area contributed by atoms with Crippen LogP contribution in [-0.2, 0) is 27.2 Å². The van der Waals surface area contributed by atoms with Crippen molar-refractivity contribution in [1.29, 1.82) is 0 Å². The molecule has 0 spiro atoms. The molecule has 9 heteroatoms. The van der Waals surface area contributed by atoms with Gasteiger partial charge in [-0.3, -0.25) is 4.79 Å². The van der Waals surface area contributed by atoms with Gasteiger partial charge in [0.25, 0.3) is 0 Å². The molecule has 0 saturated carbocycles. The van der Waals surface area contributed by atoms with Crippen LogP contribution in [0.3, 0.4) is 0 Å². The summed E-state index contributed by atoms with van der Waals surface area (Å²) in [6.07, 6.45) is -0.174. The SMILES string of the molecule is CCOC(OCC)[C@H](C)N(Cc1cccc2nsnc12)C(=O)[C@@H](N)Cc1ccc(OC(C)(C)C)cc1. The summed E-state index contributed by atoms with van der Waals surface area (Å²) < 4.78 is 26.4. The smallest absolute Gasteiger partial charge is 0.240 e. The molecule has 0 bridgehead atoms. The average Bonchev–Trinajstić information content (AvgIpc) is 3.31. The van der Waals surface area contributed by atoms with E-state index in [2.05, 4.69) is 8.75 Å². The number of rotatable bonds is 12. The molecule has 0 fully saturated rings. The molecule has 2 atom stereocenters. The Morgan fingerprint density at radius 3 is 2.33 bits per heavy atom. The molecule has 0 radical (unpaired) electrons. The largest absolute Gasteiger partial charge is 0.488 e. The predicted molar refractivity (Wildman–Crippen MR) is 143 cm³/mol. The van der Waals surface area contributed by atoms with Crippen molar-refractivity contribution in [3.63, 3.8) is 0 Å². The molecule has 1 heterocycles. The monoisotopic (exact) mass is 514 g/mol. The lowest BCUT2D eigenvalue weighted by molar-refractivity contribution is -0.179. The van der Waals surface area contributed by atoms with Gasteiger partial charge < -0.3 is 24.8 Å². The number of benzene rings is 2. The van der Waals surface area contributed by atoms with Gasteiger partial charge in [-0.05, 0) is 71.7 Å². The summed E-state index contributed by atoms with van der Waals surface area (Å²) in [5.41, 5.74) is 9.68. The minimum atomic E-state index is -0.738. The zero-order chi connectivity index (χ0) is 26.3. The van der Waals surface area contributed by atoms with Gasteiger partial charge in [0.15, 0.2) is 6.29 Å². The number of nitrogens with two attached hydrogens (primary N) is 1. The van der Waals surface area contributed by atoms with Crippen LogP contribution in [0.15, 0.2) is 42.5 Å². The fraction of sp³-hybridized carbons (Fsp3) is 0.519.